The van der Waals surface area contributed by atoms with Crippen molar-refractivity contribution in [2.75, 3.05) is 12.0 Å². The fraction of sp³-hybridized carbons (Fsp3) is 0.565. The molecular weight excluding hydrogens is 460 g/mol. The Morgan fingerprint density at radius 1 is 0.912 bits per heavy atom. The highest BCUT2D eigenvalue weighted by Crippen LogP contribution is 2.13. The Kier molecular flexibility index (Phi) is 12.4. The first-order valence-electron chi connectivity index (χ1n) is 11.1. The second-order valence-corrected chi connectivity index (χ2v) is 9.58. The Balaban J connectivity index is 3.06. The minimum atomic E-state index is -1.15. The summed E-state index contributed by atoms with van der Waals surface area (Å²) in [4.78, 5) is 49.8. The number of carbonyl (C=O) groups is 4. The van der Waals surface area contributed by atoms with Crippen LogP contribution in [0.2, 0.25) is 0 Å². The number of phenols is 1. The van der Waals surface area contributed by atoms with Crippen LogP contribution in [0.4, 0.5) is 0 Å². The lowest BCUT2D eigenvalue weighted by Crippen LogP contribution is -2.57. The van der Waals surface area contributed by atoms with Crippen molar-refractivity contribution >= 4 is 35.5 Å². The van der Waals surface area contributed by atoms with Gasteiger partial charge in [-0.2, -0.15) is 11.8 Å². The maximum absolute atomic E-state index is 13.1. The van der Waals surface area contributed by atoms with Gasteiger partial charge in [0, 0.05) is 6.42 Å². The first-order valence-corrected chi connectivity index (χ1v) is 12.5. The molecule has 4 atom stereocenters. The Hall–Kier alpha value is -2.79. The van der Waals surface area contributed by atoms with Gasteiger partial charge in [0.25, 0.3) is 0 Å². The largest absolute Gasteiger partial charge is 0.508 e. The molecule has 3 amide bonds. The molecule has 4 unspecified atom stereocenters. The van der Waals surface area contributed by atoms with E-state index in [-0.39, 0.29) is 30.9 Å². The Morgan fingerprint density at radius 2 is 1.44 bits per heavy atom. The topological polar surface area (TPSA) is 171 Å². The summed E-state index contributed by atoms with van der Waals surface area (Å²) in [6.45, 7) is 5.24. The molecule has 0 fully saturated rings. The normalized spacial score (nSPS) is 14.5. The van der Waals surface area contributed by atoms with E-state index < -0.39 is 47.9 Å². The van der Waals surface area contributed by atoms with Crippen LogP contribution in [-0.4, -0.2) is 70.1 Å². The molecule has 1 rings (SSSR count). The standard InChI is InChI=1S/C23H36N4O6S/c1-13(2)11-18(21(30)25-17(23(32)33)9-10-34-4)27-22(31)19(26-20(29)14(3)24)12-15-5-7-16(28)8-6-15/h5-8,13-14,17-19,28H,9-12,24H2,1-4H3,(H,25,30)(H,26,29)(H,27,31)(H,32,33). The van der Waals surface area contributed by atoms with E-state index in [0.29, 0.717) is 11.3 Å². The van der Waals surface area contributed by atoms with Crippen LogP contribution in [0.5, 0.6) is 5.75 Å². The number of aliphatic carboxylic acids is 1. The van der Waals surface area contributed by atoms with Crippen LogP contribution < -0.4 is 21.7 Å². The van der Waals surface area contributed by atoms with Gasteiger partial charge in [0.05, 0.1) is 6.04 Å². The lowest BCUT2D eigenvalue weighted by molar-refractivity contribution is -0.142. The molecule has 0 aliphatic heterocycles. The van der Waals surface area contributed by atoms with Crippen molar-refractivity contribution in [2.45, 2.75) is 64.2 Å². The van der Waals surface area contributed by atoms with Crippen LogP contribution in [0.15, 0.2) is 24.3 Å². The second kappa shape index (κ2) is 14.5. The number of nitrogens with one attached hydrogen (secondary N) is 3. The molecule has 1 aromatic rings. The van der Waals surface area contributed by atoms with Gasteiger partial charge in [-0.3, -0.25) is 14.4 Å². The number of carboxylic acids is 1. The van der Waals surface area contributed by atoms with Gasteiger partial charge in [0.15, 0.2) is 0 Å². The highest BCUT2D eigenvalue weighted by Gasteiger charge is 2.30. The van der Waals surface area contributed by atoms with E-state index in [0.717, 1.165) is 0 Å². The lowest BCUT2D eigenvalue weighted by atomic mass is 10.0. The van der Waals surface area contributed by atoms with Crippen LogP contribution in [0.3, 0.4) is 0 Å². The van der Waals surface area contributed by atoms with E-state index >= 15 is 0 Å². The number of benzene rings is 1. The number of amides is 3. The summed E-state index contributed by atoms with van der Waals surface area (Å²) in [7, 11) is 0. The summed E-state index contributed by atoms with van der Waals surface area (Å²) >= 11 is 1.47. The fourth-order valence-electron chi connectivity index (χ4n) is 3.12. The number of aromatic hydroxyl groups is 1. The van der Waals surface area contributed by atoms with E-state index in [1.54, 1.807) is 12.1 Å². The molecule has 0 saturated carbocycles. The molecule has 190 valence electrons. The van der Waals surface area contributed by atoms with Crippen molar-refractivity contribution in [3.63, 3.8) is 0 Å². The van der Waals surface area contributed by atoms with Gasteiger partial charge in [-0.05, 0) is 55.4 Å². The summed E-state index contributed by atoms with van der Waals surface area (Å²) in [5, 5.41) is 26.7. The number of nitrogens with two attached hydrogens (primary N) is 1. The van der Waals surface area contributed by atoms with Crippen molar-refractivity contribution in [3.8, 4) is 5.75 Å². The summed E-state index contributed by atoms with van der Waals surface area (Å²) in [5.41, 5.74) is 6.31. The quantitative estimate of drug-likeness (QED) is 0.218. The molecule has 34 heavy (non-hydrogen) atoms. The molecule has 11 heteroatoms. The predicted octanol–water partition coefficient (Wildman–Crippen LogP) is 0.620. The van der Waals surface area contributed by atoms with Gasteiger partial charge in [0.2, 0.25) is 17.7 Å². The van der Waals surface area contributed by atoms with Gasteiger partial charge in [-0.1, -0.05) is 26.0 Å². The molecule has 0 bridgehead atoms. The Labute approximate surface area is 204 Å². The summed E-state index contributed by atoms with van der Waals surface area (Å²) in [5.74, 6) is -2.24. The van der Waals surface area contributed by atoms with E-state index in [1.807, 2.05) is 20.1 Å². The zero-order chi connectivity index (χ0) is 25.8. The highest BCUT2D eigenvalue weighted by atomic mass is 32.2. The smallest absolute Gasteiger partial charge is 0.326 e. The van der Waals surface area contributed by atoms with Gasteiger partial charge in [-0.25, -0.2) is 4.79 Å². The molecule has 1 aromatic carbocycles. The van der Waals surface area contributed by atoms with Gasteiger partial charge in [-0.15, -0.1) is 0 Å². The van der Waals surface area contributed by atoms with Gasteiger partial charge >= 0.3 is 5.97 Å². The SMILES string of the molecule is CSCCC(NC(=O)C(CC(C)C)NC(=O)C(Cc1ccc(O)cc1)NC(=O)C(C)N)C(=O)O. The molecular formula is C23H36N4O6S. The van der Waals surface area contributed by atoms with Gasteiger partial charge in [0.1, 0.15) is 23.9 Å². The monoisotopic (exact) mass is 496 g/mol. The molecule has 0 radical (unpaired) electrons. The molecule has 0 saturated heterocycles. The molecule has 0 heterocycles. The van der Waals surface area contributed by atoms with Crippen LogP contribution in [0, 0.1) is 5.92 Å². The van der Waals surface area contributed by atoms with Crippen molar-refractivity contribution in [1.29, 1.82) is 0 Å². The van der Waals surface area contributed by atoms with E-state index in [4.69, 9.17) is 5.73 Å². The van der Waals surface area contributed by atoms with Crippen LogP contribution in [0.1, 0.15) is 39.2 Å². The fourth-order valence-corrected chi connectivity index (χ4v) is 3.59. The maximum atomic E-state index is 13.1. The molecule has 10 nitrogen and oxygen atoms in total. The minimum Gasteiger partial charge on any atom is -0.508 e. The number of phenolic OH excluding ortho intramolecular Hbond substituents is 1. The molecule has 0 aromatic heterocycles. The van der Waals surface area contributed by atoms with Gasteiger partial charge < -0.3 is 31.9 Å². The Morgan fingerprint density at radius 3 is 1.94 bits per heavy atom. The lowest BCUT2D eigenvalue weighted by Gasteiger charge is -2.26. The summed E-state index contributed by atoms with van der Waals surface area (Å²) in [6, 6.07) is 2.23. The van der Waals surface area contributed by atoms with Crippen LogP contribution >= 0.6 is 11.8 Å². The van der Waals surface area contributed by atoms with Crippen LogP contribution in [-0.2, 0) is 25.6 Å². The molecule has 0 aliphatic carbocycles. The number of rotatable bonds is 14. The van der Waals surface area contributed by atoms with Crippen LogP contribution in [0.25, 0.3) is 0 Å². The third-order valence-electron chi connectivity index (χ3n) is 4.99. The third-order valence-corrected chi connectivity index (χ3v) is 5.63. The first kappa shape index (κ1) is 29.2. The Bertz CT molecular complexity index is 831. The summed E-state index contributed by atoms with van der Waals surface area (Å²) < 4.78 is 0. The predicted molar refractivity (Wildman–Crippen MR) is 131 cm³/mol. The van der Waals surface area contributed by atoms with Crippen molar-refractivity contribution in [2.24, 2.45) is 11.7 Å². The number of hydrogen-bond donors (Lipinski definition) is 6. The van der Waals surface area contributed by atoms with Crippen molar-refractivity contribution < 1.29 is 29.4 Å². The number of hydrogen-bond acceptors (Lipinski definition) is 7. The average Bonchev–Trinajstić information content (AvgIpc) is 2.76. The average molecular weight is 497 g/mol. The molecule has 0 spiro atoms. The first-order chi connectivity index (χ1) is 15.9. The van der Waals surface area contributed by atoms with Crippen molar-refractivity contribution in [3.05, 3.63) is 29.8 Å². The van der Waals surface area contributed by atoms with E-state index in [1.165, 1.54) is 30.8 Å². The second-order valence-electron chi connectivity index (χ2n) is 8.59. The minimum absolute atomic E-state index is 0.0275. The zero-order valence-corrected chi connectivity index (χ0v) is 20.9. The number of thioether (sulfide) groups is 1. The van der Waals surface area contributed by atoms with E-state index in [9.17, 15) is 29.4 Å². The summed E-state index contributed by atoms with van der Waals surface area (Å²) in [6.07, 6.45) is 2.47. The van der Waals surface area contributed by atoms with Crippen molar-refractivity contribution in [1.82, 2.24) is 16.0 Å². The molecule has 0 aliphatic rings. The maximum Gasteiger partial charge on any atom is 0.326 e. The highest BCUT2D eigenvalue weighted by molar-refractivity contribution is 7.98. The number of carbonyl (C=O) groups excluding carboxylic acids is 3. The molecule has 7 N–H and O–H groups in total. The zero-order valence-electron chi connectivity index (χ0n) is 20.0. The number of carboxylic acid groups (broad SMARTS) is 1. The third kappa shape index (κ3) is 10.4. The van der Waals surface area contributed by atoms with E-state index in [2.05, 4.69) is 16.0 Å².